The van der Waals surface area contributed by atoms with Gasteiger partial charge in [0.05, 0.1) is 11.1 Å². The van der Waals surface area contributed by atoms with Crippen LogP contribution in [0.25, 0.3) is 0 Å². The first-order valence-corrected chi connectivity index (χ1v) is 8.72. The smallest absolute Gasteiger partial charge is 0.321 e. The molecule has 3 amide bonds. The van der Waals surface area contributed by atoms with E-state index in [4.69, 9.17) is 9.47 Å². The van der Waals surface area contributed by atoms with Gasteiger partial charge in [0.25, 0.3) is 0 Å². The van der Waals surface area contributed by atoms with E-state index in [1.807, 2.05) is 36.9 Å². The lowest BCUT2D eigenvalue weighted by atomic mass is 9.68. The molecule has 0 spiro atoms. The number of anilines is 1. The first kappa shape index (κ1) is 16.1. The summed E-state index contributed by atoms with van der Waals surface area (Å²) in [5, 5.41) is 5.95. The van der Waals surface area contributed by atoms with Crippen LogP contribution >= 0.6 is 0 Å². The number of piperidine rings is 1. The van der Waals surface area contributed by atoms with Crippen LogP contribution in [-0.4, -0.2) is 42.8 Å². The molecule has 0 radical (unpaired) electrons. The zero-order chi connectivity index (χ0) is 17.6. The minimum Gasteiger partial charge on any atom is -0.454 e. The second kappa shape index (κ2) is 5.82. The molecule has 2 N–H and O–H groups in total. The number of para-hydroxylation sites is 1. The van der Waals surface area contributed by atoms with Gasteiger partial charge in [-0.3, -0.25) is 4.79 Å². The number of benzene rings is 1. The number of nitrogens with zero attached hydrogens (tertiary/aromatic N) is 1. The Morgan fingerprint density at radius 1 is 1.28 bits per heavy atom. The Kier molecular flexibility index (Phi) is 3.74. The Balaban J connectivity index is 1.35. The lowest BCUT2D eigenvalue weighted by molar-refractivity contribution is -0.146. The number of β-lactam (4-membered cyclic amide) rings is 1. The van der Waals surface area contributed by atoms with E-state index in [0.717, 1.165) is 12.8 Å². The maximum Gasteiger partial charge on any atom is 0.321 e. The highest BCUT2D eigenvalue weighted by molar-refractivity contribution is 5.92. The van der Waals surface area contributed by atoms with Gasteiger partial charge >= 0.3 is 6.03 Å². The molecule has 0 bridgehead atoms. The average Bonchev–Trinajstić information content (AvgIpc) is 3.09. The first-order chi connectivity index (χ1) is 12.0. The Labute approximate surface area is 146 Å². The fourth-order valence-corrected chi connectivity index (χ4v) is 3.94. The van der Waals surface area contributed by atoms with Crippen molar-refractivity contribution in [3.8, 4) is 11.5 Å². The molecule has 4 rings (SSSR count). The quantitative estimate of drug-likeness (QED) is 0.805. The molecule has 1 aromatic carbocycles. The Bertz CT molecular complexity index is 710. The van der Waals surface area contributed by atoms with Gasteiger partial charge in [-0.25, -0.2) is 4.79 Å². The van der Waals surface area contributed by atoms with Gasteiger partial charge in [-0.15, -0.1) is 0 Å². The van der Waals surface area contributed by atoms with Crippen molar-refractivity contribution in [1.29, 1.82) is 0 Å². The van der Waals surface area contributed by atoms with Crippen LogP contribution in [0.1, 0.15) is 26.7 Å². The zero-order valence-corrected chi connectivity index (χ0v) is 14.5. The molecule has 0 aromatic heterocycles. The van der Waals surface area contributed by atoms with Crippen LogP contribution < -0.4 is 20.1 Å². The molecule has 7 nitrogen and oxygen atoms in total. The van der Waals surface area contributed by atoms with Crippen LogP contribution in [0, 0.1) is 11.3 Å². The normalized spacial score (nSPS) is 24.5. The summed E-state index contributed by atoms with van der Waals surface area (Å²) in [4.78, 5) is 26.0. The van der Waals surface area contributed by atoms with Gasteiger partial charge in [0.2, 0.25) is 12.7 Å². The second-order valence-electron chi connectivity index (χ2n) is 7.47. The van der Waals surface area contributed by atoms with Crippen molar-refractivity contribution in [2.24, 2.45) is 11.3 Å². The summed E-state index contributed by atoms with van der Waals surface area (Å²) in [6.45, 7) is 5.54. The lowest BCUT2D eigenvalue weighted by Crippen LogP contribution is -2.68. The maximum atomic E-state index is 12.6. The van der Waals surface area contributed by atoms with E-state index in [1.165, 1.54) is 0 Å². The van der Waals surface area contributed by atoms with Crippen molar-refractivity contribution >= 4 is 17.6 Å². The number of carbonyl (C=O) groups is 2. The molecule has 0 saturated carbocycles. The van der Waals surface area contributed by atoms with Crippen molar-refractivity contribution in [2.75, 3.05) is 25.2 Å². The standard InChI is InChI=1S/C18H23N3O4/c1-18(2)15(20-16(18)22)11-6-8-21(9-7-11)17(23)19-12-4-3-5-13-14(12)25-10-24-13/h3-5,11,15H,6-10H2,1-2H3,(H,19,23)(H,20,22)/t15-/m1/s1. The fraction of sp³-hybridized carbons (Fsp3) is 0.556. The number of ether oxygens (including phenoxy) is 2. The van der Waals surface area contributed by atoms with Gasteiger partial charge in [-0.05, 0) is 44.7 Å². The SMILES string of the molecule is CC1(C)C(=O)N[C@@H]1C1CCN(C(=O)Nc2cccc3c2OCO3)CC1. The highest BCUT2D eigenvalue weighted by Gasteiger charge is 2.51. The number of hydrogen-bond donors (Lipinski definition) is 2. The molecule has 2 saturated heterocycles. The Morgan fingerprint density at radius 3 is 2.72 bits per heavy atom. The molecule has 7 heteroatoms. The highest BCUT2D eigenvalue weighted by Crippen LogP contribution is 2.40. The maximum absolute atomic E-state index is 12.6. The number of nitrogens with one attached hydrogen (secondary N) is 2. The van der Waals surface area contributed by atoms with E-state index in [1.54, 1.807) is 0 Å². The number of fused-ring (bicyclic) bond motifs is 1. The van der Waals surface area contributed by atoms with E-state index in [0.29, 0.717) is 36.2 Å². The van der Waals surface area contributed by atoms with E-state index in [2.05, 4.69) is 10.6 Å². The van der Waals surface area contributed by atoms with Crippen molar-refractivity contribution in [3.05, 3.63) is 18.2 Å². The topological polar surface area (TPSA) is 79.9 Å². The largest absolute Gasteiger partial charge is 0.454 e. The van der Waals surface area contributed by atoms with E-state index >= 15 is 0 Å². The molecule has 0 unspecified atom stereocenters. The summed E-state index contributed by atoms with van der Waals surface area (Å²) < 4.78 is 10.8. The summed E-state index contributed by atoms with van der Waals surface area (Å²) in [5.41, 5.74) is 0.339. The number of likely N-dealkylation sites (tertiary alicyclic amines) is 1. The van der Waals surface area contributed by atoms with E-state index in [-0.39, 0.29) is 30.2 Å². The first-order valence-electron chi connectivity index (χ1n) is 8.72. The molecule has 1 atom stereocenters. The summed E-state index contributed by atoms with van der Waals surface area (Å²) >= 11 is 0. The number of amides is 3. The van der Waals surface area contributed by atoms with E-state index in [9.17, 15) is 9.59 Å². The summed E-state index contributed by atoms with van der Waals surface area (Å²) in [7, 11) is 0. The van der Waals surface area contributed by atoms with Crippen LogP contribution in [0.5, 0.6) is 11.5 Å². The van der Waals surface area contributed by atoms with Crippen molar-refractivity contribution in [3.63, 3.8) is 0 Å². The third kappa shape index (κ3) is 2.67. The summed E-state index contributed by atoms with van der Waals surface area (Å²) in [6, 6.07) is 5.55. The molecule has 0 aliphatic carbocycles. The molecular weight excluding hydrogens is 322 g/mol. The molecule has 3 heterocycles. The number of carbonyl (C=O) groups excluding carboxylic acids is 2. The third-order valence-corrected chi connectivity index (χ3v) is 5.59. The summed E-state index contributed by atoms with van der Waals surface area (Å²) in [5.74, 6) is 1.79. The van der Waals surface area contributed by atoms with Crippen molar-refractivity contribution in [2.45, 2.75) is 32.7 Å². The Morgan fingerprint density at radius 2 is 2.04 bits per heavy atom. The van der Waals surface area contributed by atoms with Crippen LogP contribution in [-0.2, 0) is 4.79 Å². The van der Waals surface area contributed by atoms with Gasteiger partial charge in [0.15, 0.2) is 11.5 Å². The zero-order valence-electron chi connectivity index (χ0n) is 14.5. The lowest BCUT2D eigenvalue weighted by Gasteiger charge is -2.50. The van der Waals surface area contributed by atoms with Crippen molar-refractivity contribution < 1.29 is 19.1 Å². The number of urea groups is 1. The van der Waals surface area contributed by atoms with Gasteiger partial charge in [0, 0.05) is 19.1 Å². The summed E-state index contributed by atoms with van der Waals surface area (Å²) in [6.07, 6.45) is 1.79. The van der Waals surface area contributed by atoms with Crippen LogP contribution in [0.4, 0.5) is 10.5 Å². The molecule has 134 valence electrons. The third-order valence-electron chi connectivity index (χ3n) is 5.59. The monoisotopic (exact) mass is 345 g/mol. The van der Waals surface area contributed by atoms with Crippen LogP contribution in [0.3, 0.4) is 0 Å². The predicted octanol–water partition coefficient (Wildman–Crippen LogP) is 2.18. The van der Waals surface area contributed by atoms with Gasteiger partial charge < -0.3 is 25.0 Å². The highest BCUT2D eigenvalue weighted by atomic mass is 16.7. The molecular formula is C18H23N3O4. The van der Waals surface area contributed by atoms with Crippen LogP contribution in [0.2, 0.25) is 0 Å². The fourth-order valence-electron chi connectivity index (χ4n) is 3.94. The van der Waals surface area contributed by atoms with E-state index < -0.39 is 0 Å². The van der Waals surface area contributed by atoms with Crippen molar-refractivity contribution in [1.82, 2.24) is 10.2 Å². The number of hydrogen-bond acceptors (Lipinski definition) is 4. The molecule has 3 aliphatic heterocycles. The Hall–Kier alpha value is -2.44. The van der Waals surface area contributed by atoms with Gasteiger partial charge in [-0.2, -0.15) is 0 Å². The van der Waals surface area contributed by atoms with Gasteiger partial charge in [0.1, 0.15) is 0 Å². The van der Waals surface area contributed by atoms with Gasteiger partial charge in [-0.1, -0.05) is 6.07 Å². The predicted molar refractivity (Wildman–Crippen MR) is 91.6 cm³/mol. The molecule has 3 aliphatic rings. The average molecular weight is 345 g/mol. The molecule has 2 fully saturated rings. The molecule has 25 heavy (non-hydrogen) atoms. The number of rotatable bonds is 2. The van der Waals surface area contributed by atoms with Crippen LogP contribution in [0.15, 0.2) is 18.2 Å². The second-order valence-corrected chi connectivity index (χ2v) is 7.47. The minimum atomic E-state index is -0.295. The molecule has 1 aromatic rings. The minimum absolute atomic E-state index is 0.123.